The van der Waals surface area contributed by atoms with Crippen molar-refractivity contribution in [3.8, 4) is 0 Å². The van der Waals surface area contributed by atoms with Gasteiger partial charge in [0.2, 0.25) is 0 Å². The van der Waals surface area contributed by atoms with Crippen LogP contribution in [0.5, 0.6) is 0 Å². The lowest BCUT2D eigenvalue weighted by atomic mass is 10.1. The summed E-state index contributed by atoms with van der Waals surface area (Å²) in [6, 6.07) is 7.56. The first-order valence-electron chi connectivity index (χ1n) is 4.83. The molecule has 4 nitrogen and oxygen atoms in total. The van der Waals surface area contributed by atoms with Crippen molar-refractivity contribution in [1.82, 2.24) is 5.32 Å². The molecule has 0 aliphatic carbocycles. The maximum Gasteiger partial charge on any atom is 0.345 e. The van der Waals surface area contributed by atoms with Gasteiger partial charge in [-0.1, -0.05) is 17.7 Å². The molecule has 15 heavy (non-hydrogen) atoms. The SMILES string of the molecule is Cc1ccc(C(=O)OC2=NCCN2)cc1. The van der Waals surface area contributed by atoms with Gasteiger partial charge in [-0.3, -0.25) is 0 Å². The number of hydrogen-bond acceptors (Lipinski definition) is 4. The number of carbonyl (C=O) groups is 1. The average molecular weight is 204 g/mol. The number of nitrogens with zero attached hydrogens (tertiary/aromatic N) is 1. The predicted molar refractivity (Wildman–Crippen MR) is 56.9 cm³/mol. The van der Waals surface area contributed by atoms with E-state index in [-0.39, 0.29) is 5.97 Å². The summed E-state index contributed by atoms with van der Waals surface area (Å²) in [7, 11) is 0. The summed E-state index contributed by atoms with van der Waals surface area (Å²) in [6.07, 6.45) is 0. The van der Waals surface area contributed by atoms with Gasteiger partial charge < -0.3 is 10.1 Å². The van der Waals surface area contributed by atoms with Gasteiger partial charge in [0.25, 0.3) is 6.02 Å². The van der Waals surface area contributed by atoms with Crippen LogP contribution in [-0.2, 0) is 4.74 Å². The van der Waals surface area contributed by atoms with Crippen molar-refractivity contribution in [3.63, 3.8) is 0 Å². The molecule has 0 aromatic heterocycles. The predicted octanol–water partition coefficient (Wildman–Crippen LogP) is 1.11. The van der Waals surface area contributed by atoms with Gasteiger partial charge >= 0.3 is 5.97 Å². The Hall–Kier alpha value is -1.84. The normalized spacial score (nSPS) is 14.3. The molecular weight excluding hydrogens is 192 g/mol. The Balaban J connectivity index is 2.04. The number of rotatable bonds is 1. The number of esters is 1. The summed E-state index contributed by atoms with van der Waals surface area (Å²) in [5.41, 5.74) is 1.65. The molecule has 0 bridgehead atoms. The van der Waals surface area contributed by atoms with Gasteiger partial charge in [0, 0.05) is 6.54 Å². The largest absolute Gasteiger partial charge is 0.389 e. The molecule has 0 saturated carbocycles. The molecule has 2 rings (SSSR count). The number of carbonyl (C=O) groups excluding carboxylic acids is 1. The van der Waals surface area contributed by atoms with Crippen LogP contribution in [0.15, 0.2) is 29.3 Å². The lowest BCUT2D eigenvalue weighted by molar-refractivity contribution is 0.0710. The summed E-state index contributed by atoms with van der Waals surface area (Å²) in [5.74, 6) is -0.372. The molecule has 0 fully saturated rings. The Labute approximate surface area is 88.0 Å². The topological polar surface area (TPSA) is 50.7 Å². The second-order valence-electron chi connectivity index (χ2n) is 3.37. The van der Waals surface area contributed by atoms with Gasteiger partial charge in [0.15, 0.2) is 0 Å². The zero-order valence-corrected chi connectivity index (χ0v) is 8.49. The highest BCUT2D eigenvalue weighted by Gasteiger charge is 2.13. The fraction of sp³-hybridized carbons (Fsp3) is 0.273. The Bertz CT molecular complexity index is 396. The first-order valence-corrected chi connectivity index (χ1v) is 4.83. The third kappa shape index (κ3) is 2.34. The monoisotopic (exact) mass is 204 g/mol. The summed E-state index contributed by atoms with van der Waals surface area (Å²) in [6.45, 7) is 3.37. The molecule has 0 atom stereocenters. The molecule has 0 saturated heterocycles. The second-order valence-corrected chi connectivity index (χ2v) is 3.37. The molecule has 0 unspecified atom stereocenters. The molecule has 78 valence electrons. The van der Waals surface area contributed by atoms with E-state index in [1.165, 1.54) is 0 Å². The molecule has 4 heteroatoms. The van der Waals surface area contributed by atoms with Crippen molar-refractivity contribution in [3.05, 3.63) is 35.4 Å². The van der Waals surface area contributed by atoms with E-state index in [0.717, 1.165) is 12.1 Å². The zero-order valence-electron chi connectivity index (χ0n) is 8.49. The van der Waals surface area contributed by atoms with E-state index in [0.29, 0.717) is 18.1 Å². The van der Waals surface area contributed by atoms with E-state index in [4.69, 9.17) is 4.74 Å². The van der Waals surface area contributed by atoms with Crippen LogP contribution >= 0.6 is 0 Å². The Morgan fingerprint density at radius 3 is 2.73 bits per heavy atom. The van der Waals surface area contributed by atoms with Crippen molar-refractivity contribution in [2.24, 2.45) is 4.99 Å². The van der Waals surface area contributed by atoms with Crippen molar-refractivity contribution in [1.29, 1.82) is 0 Å². The summed E-state index contributed by atoms with van der Waals surface area (Å²) >= 11 is 0. The molecular formula is C11H12N2O2. The van der Waals surface area contributed by atoms with E-state index in [2.05, 4.69) is 10.3 Å². The van der Waals surface area contributed by atoms with Crippen molar-refractivity contribution in [2.45, 2.75) is 6.92 Å². The molecule has 1 heterocycles. The fourth-order valence-corrected chi connectivity index (χ4v) is 1.28. The summed E-state index contributed by atoms with van der Waals surface area (Å²) in [5, 5.41) is 2.88. The molecule has 1 N–H and O–H groups in total. The van der Waals surface area contributed by atoms with Crippen molar-refractivity contribution >= 4 is 12.0 Å². The van der Waals surface area contributed by atoms with Crippen LogP contribution in [0.1, 0.15) is 15.9 Å². The van der Waals surface area contributed by atoms with Gasteiger partial charge in [-0.2, -0.15) is 0 Å². The van der Waals surface area contributed by atoms with Crippen LogP contribution in [0.4, 0.5) is 0 Å². The van der Waals surface area contributed by atoms with Gasteiger partial charge in [-0.05, 0) is 19.1 Å². The number of hydrogen-bond donors (Lipinski definition) is 1. The van der Waals surface area contributed by atoms with E-state index >= 15 is 0 Å². The number of amidine groups is 1. The van der Waals surface area contributed by atoms with Crippen LogP contribution in [0.2, 0.25) is 0 Å². The van der Waals surface area contributed by atoms with Crippen LogP contribution in [0, 0.1) is 6.92 Å². The second kappa shape index (κ2) is 4.13. The highest BCUT2D eigenvalue weighted by molar-refractivity contribution is 5.98. The molecule has 0 radical (unpaired) electrons. The van der Waals surface area contributed by atoms with E-state index in [1.54, 1.807) is 12.1 Å². The minimum atomic E-state index is -0.372. The quantitative estimate of drug-likeness (QED) is 0.697. The fourth-order valence-electron chi connectivity index (χ4n) is 1.28. The van der Waals surface area contributed by atoms with Crippen LogP contribution in [0.25, 0.3) is 0 Å². The molecule has 1 aromatic rings. The summed E-state index contributed by atoms with van der Waals surface area (Å²) in [4.78, 5) is 15.6. The number of ether oxygens (including phenoxy) is 1. The third-order valence-electron chi connectivity index (χ3n) is 2.12. The smallest absolute Gasteiger partial charge is 0.345 e. The minimum absolute atomic E-state index is 0.320. The Kier molecular flexibility index (Phi) is 2.67. The van der Waals surface area contributed by atoms with E-state index in [9.17, 15) is 4.79 Å². The average Bonchev–Trinajstić information content (AvgIpc) is 2.71. The lowest BCUT2D eigenvalue weighted by Crippen LogP contribution is -2.24. The van der Waals surface area contributed by atoms with Gasteiger partial charge in [0.05, 0.1) is 12.1 Å². The highest BCUT2D eigenvalue weighted by Crippen LogP contribution is 2.05. The molecule has 0 spiro atoms. The number of aryl methyl sites for hydroxylation is 1. The standard InChI is InChI=1S/C11H12N2O2/c1-8-2-4-9(5-3-8)10(14)15-11-12-6-7-13-11/h2-5H,6-7H2,1H3,(H,12,13). The molecule has 1 aliphatic rings. The highest BCUT2D eigenvalue weighted by atomic mass is 16.6. The third-order valence-corrected chi connectivity index (χ3v) is 2.12. The van der Waals surface area contributed by atoms with Crippen molar-refractivity contribution in [2.75, 3.05) is 13.1 Å². The van der Waals surface area contributed by atoms with Crippen LogP contribution < -0.4 is 5.32 Å². The number of benzene rings is 1. The van der Waals surface area contributed by atoms with Gasteiger partial charge in [-0.15, -0.1) is 0 Å². The maximum atomic E-state index is 11.6. The van der Waals surface area contributed by atoms with Gasteiger partial charge in [0.1, 0.15) is 0 Å². The molecule has 0 amide bonds. The lowest BCUT2D eigenvalue weighted by Gasteiger charge is -2.03. The number of aliphatic imine (C=N–C) groups is 1. The maximum absolute atomic E-state index is 11.6. The first kappa shape index (κ1) is 9.71. The minimum Gasteiger partial charge on any atom is -0.389 e. The molecule has 1 aliphatic heterocycles. The Morgan fingerprint density at radius 2 is 2.13 bits per heavy atom. The van der Waals surface area contributed by atoms with E-state index in [1.807, 2.05) is 19.1 Å². The van der Waals surface area contributed by atoms with Crippen LogP contribution in [-0.4, -0.2) is 25.1 Å². The molecule has 1 aromatic carbocycles. The first-order chi connectivity index (χ1) is 7.25. The van der Waals surface area contributed by atoms with Gasteiger partial charge in [-0.25, -0.2) is 9.79 Å². The van der Waals surface area contributed by atoms with Crippen molar-refractivity contribution < 1.29 is 9.53 Å². The van der Waals surface area contributed by atoms with Crippen LogP contribution in [0.3, 0.4) is 0 Å². The van der Waals surface area contributed by atoms with E-state index < -0.39 is 0 Å². The number of nitrogens with one attached hydrogen (secondary N) is 1. The Morgan fingerprint density at radius 1 is 1.40 bits per heavy atom. The summed E-state index contributed by atoms with van der Waals surface area (Å²) < 4.78 is 5.04. The zero-order chi connectivity index (χ0) is 10.7.